The number of benzene rings is 1. The van der Waals surface area contributed by atoms with Crippen molar-refractivity contribution in [2.75, 3.05) is 7.11 Å². The number of hydrogen-bond donors (Lipinski definition) is 2. The van der Waals surface area contributed by atoms with Gasteiger partial charge in [0, 0.05) is 30.1 Å². The molecule has 0 saturated heterocycles. The quantitative estimate of drug-likeness (QED) is 0.540. The number of aromatic nitrogens is 2. The maximum absolute atomic E-state index is 12.2. The van der Waals surface area contributed by atoms with Crippen LogP contribution in [0.5, 0.6) is 11.5 Å². The summed E-state index contributed by atoms with van der Waals surface area (Å²) in [7, 11) is 1.30. The molecule has 9 nitrogen and oxygen atoms in total. The van der Waals surface area contributed by atoms with Crippen molar-refractivity contribution in [3.05, 3.63) is 64.1 Å². The fourth-order valence-electron chi connectivity index (χ4n) is 2.38. The first-order valence-electron chi connectivity index (χ1n) is 7.26. The molecule has 0 aliphatic carbocycles. The van der Waals surface area contributed by atoms with E-state index in [2.05, 4.69) is 10.3 Å². The summed E-state index contributed by atoms with van der Waals surface area (Å²) >= 11 is 0. The molecule has 25 heavy (non-hydrogen) atoms. The number of methoxy groups -OCH3 is 1. The zero-order valence-corrected chi connectivity index (χ0v) is 13.2. The Labute approximate surface area is 141 Å². The lowest BCUT2D eigenvalue weighted by molar-refractivity contribution is -0.385. The number of ether oxygens (including phenoxy) is 1. The second kappa shape index (κ2) is 6.48. The van der Waals surface area contributed by atoms with Crippen LogP contribution >= 0.6 is 0 Å². The van der Waals surface area contributed by atoms with Crippen LogP contribution in [0.4, 0.5) is 5.69 Å². The summed E-state index contributed by atoms with van der Waals surface area (Å²) in [4.78, 5) is 26.8. The number of carbonyl (C=O) groups excluding carboxylic acids is 1. The number of nitro groups is 1. The molecule has 128 valence electrons. The second-order valence-corrected chi connectivity index (χ2v) is 5.18. The SMILES string of the molecule is COc1cc(C(=O)NCc2cn3cccc(O)c3n2)ccc1[N+](=O)[O-]. The van der Waals surface area contributed by atoms with Crippen molar-refractivity contribution in [3.63, 3.8) is 0 Å². The molecule has 3 aromatic rings. The number of carbonyl (C=O) groups is 1. The van der Waals surface area contributed by atoms with E-state index in [1.807, 2.05) is 0 Å². The van der Waals surface area contributed by atoms with Gasteiger partial charge in [0.25, 0.3) is 5.91 Å². The monoisotopic (exact) mass is 342 g/mol. The van der Waals surface area contributed by atoms with Crippen molar-refractivity contribution in [2.24, 2.45) is 0 Å². The minimum Gasteiger partial charge on any atom is -0.504 e. The second-order valence-electron chi connectivity index (χ2n) is 5.18. The van der Waals surface area contributed by atoms with Crippen LogP contribution in [0.1, 0.15) is 16.1 Å². The Hall–Kier alpha value is -3.62. The summed E-state index contributed by atoms with van der Waals surface area (Å²) in [5.41, 5.74) is 0.969. The summed E-state index contributed by atoms with van der Waals surface area (Å²) < 4.78 is 6.59. The molecule has 0 radical (unpaired) electrons. The zero-order valence-electron chi connectivity index (χ0n) is 13.2. The van der Waals surface area contributed by atoms with Gasteiger partial charge in [-0.3, -0.25) is 14.9 Å². The Morgan fingerprint density at radius 2 is 2.24 bits per heavy atom. The third-order valence-electron chi connectivity index (χ3n) is 3.58. The highest BCUT2D eigenvalue weighted by Crippen LogP contribution is 2.27. The Morgan fingerprint density at radius 3 is 2.92 bits per heavy atom. The summed E-state index contributed by atoms with van der Waals surface area (Å²) in [5.74, 6) is -0.370. The van der Waals surface area contributed by atoms with Gasteiger partial charge in [-0.1, -0.05) is 0 Å². The first-order chi connectivity index (χ1) is 12.0. The number of pyridine rings is 1. The first kappa shape index (κ1) is 16.2. The number of hydrogen-bond acceptors (Lipinski definition) is 6. The van der Waals surface area contributed by atoms with Gasteiger partial charge in [0.15, 0.2) is 17.1 Å². The summed E-state index contributed by atoms with van der Waals surface area (Å²) in [6.45, 7) is 0.138. The molecule has 2 N–H and O–H groups in total. The molecule has 0 aliphatic heterocycles. The molecule has 0 fully saturated rings. The maximum atomic E-state index is 12.2. The molecule has 9 heteroatoms. The molecule has 2 heterocycles. The number of nitro benzene ring substituents is 1. The van der Waals surface area contributed by atoms with Crippen molar-refractivity contribution in [3.8, 4) is 11.5 Å². The van der Waals surface area contributed by atoms with E-state index in [0.29, 0.717) is 11.3 Å². The van der Waals surface area contributed by atoms with Gasteiger partial charge < -0.3 is 19.6 Å². The minimum absolute atomic E-state index is 0.00954. The average Bonchev–Trinajstić information content (AvgIpc) is 3.03. The van der Waals surface area contributed by atoms with Crippen LogP contribution in [0.3, 0.4) is 0 Å². The number of fused-ring (bicyclic) bond motifs is 1. The highest BCUT2D eigenvalue weighted by Gasteiger charge is 2.17. The summed E-state index contributed by atoms with van der Waals surface area (Å²) in [5, 5.41) is 23.3. The van der Waals surface area contributed by atoms with E-state index in [4.69, 9.17) is 4.74 Å². The number of imidazole rings is 1. The molecule has 0 saturated carbocycles. The molecule has 1 aromatic carbocycles. The average molecular weight is 342 g/mol. The van der Waals surface area contributed by atoms with Crippen LogP contribution in [-0.2, 0) is 6.54 Å². The van der Waals surface area contributed by atoms with Crippen molar-refractivity contribution >= 4 is 17.2 Å². The molecular formula is C16H14N4O5. The first-order valence-corrected chi connectivity index (χ1v) is 7.26. The van der Waals surface area contributed by atoms with Gasteiger partial charge in [0.1, 0.15) is 0 Å². The molecule has 0 aliphatic rings. The van der Waals surface area contributed by atoms with Crippen LogP contribution in [0, 0.1) is 10.1 Å². The van der Waals surface area contributed by atoms with Gasteiger partial charge in [-0.25, -0.2) is 4.98 Å². The fourth-order valence-corrected chi connectivity index (χ4v) is 2.38. The van der Waals surface area contributed by atoms with Crippen LogP contribution in [-0.4, -0.2) is 32.4 Å². The number of amides is 1. The molecule has 0 atom stereocenters. The molecule has 3 rings (SSSR count). The molecule has 2 aromatic heterocycles. The van der Waals surface area contributed by atoms with E-state index in [-0.39, 0.29) is 29.3 Å². The third kappa shape index (κ3) is 3.20. The normalized spacial score (nSPS) is 10.6. The van der Waals surface area contributed by atoms with Crippen LogP contribution < -0.4 is 10.1 Å². The highest BCUT2D eigenvalue weighted by molar-refractivity contribution is 5.95. The molecule has 0 spiro atoms. The lowest BCUT2D eigenvalue weighted by Crippen LogP contribution is -2.23. The summed E-state index contributed by atoms with van der Waals surface area (Å²) in [6, 6.07) is 7.08. The Kier molecular flexibility index (Phi) is 4.21. The topological polar surface area (TPSA) is 119 Å². The Balaban J connectivity index is 1.75. The number of nitrogens with one attached hydrogen (secondary N) is 1. The van der Waals surface area contributed by atoms with E-state index in [0.717, 1.165) is 0 Å². The van der Waals surface area contributed by atoms with E-state index >= 15 is 0 Å². The van der Waals surface area contributed by atoms with Crippen molar-refractivity contribution in [1.29, 1.82) is 0 Å². The lowest BCUT2D eigenvalue weighted by Gasteiger charge is -2.06. The van der Waals surface area contributed by atoms with E-state index in [1.165, 1.54) is 31.4 Å². The predicted octanol–water partition coefficient (Wildman–Crippen LogP) is 1.89. The van der Waals surface area contributed by atoms with E-state index < -0.39 is 10.8 Å². The fraction of sp³-hybridized carbons (Fsp3) is 0.125. The summed E-state index contributed by atoms with van der Waals surface area (Å²) in [6.07, 6.45) is 3.42. The van der Waals surface area contributed by atoms with Crippen LogP contribution in [0.15, 0.2) is 42.7 Å². The van der Waals surface area contributed by atoms with Crippen molar-refractivity contribution < 1.29 is 19.6 Å². The standard InChI is InChI=1S/C16H14N4O5/c1-25-14-7-10(4-5-12(14)20(23)24)16(22)17-8-11-9-19-6-2-3-13(21)15(19)18-11/h2-7,9,21H,8H2,1H3,(H,17,22). The minimum atomic E-state index is -0.580. The zero-order chi connectivity index (χ0) is 18.0. The predicted molar refractivity (Wildman–Crippen MR) is 87.7 cm³/mol. The van der Waals surface area contributed by atoms with E-state index in [1.54, 1.807) is 22.9 Å². The Morgan fingerprint density at radius 1 is 1.44 bits per heavy atom. The number of aromatic hydroxyl groups is 1. The van der Waals surface area contributed by atoms with Gasteiger partial charge >= 0.3 is 5.69 Å². The van der Waals surface area contributed by atoms with Gasteiger partial charge in [-0.05, 0) is 18.2 Å². The molecule has 1 amide bonds. The lowest BCUT2D eigenvalue weighted by atomic mass is 10.1. The van der Waals surface area contributed by atoms with Crippen LogP contribution in [0.2, 0.25) is 0 Å². The van der Waals surface area contributed by atoms with Crippen LogP contribution in [0.25, 0.3) is 5.65 Å². The van der Waals surface area contributed by atoms with Gasteiger partial charge in [0.05, 0.1) is 24.3 Å². The number of nitrogens with zero attached hydrogens (tertiary/aromatic N) is 3. The smallest absolute Gasteiger partial charge is 0.310 e. The molecule has 0 bridgehead atoms. The highest BCUT2D eigenvalue weighted by atomic mass is 16.6. The maximum Gasteiger partial charge on any atom is 0.310 e. The van der Waals surface area contributed by atoms with Gasteiger partial charge in [0.2, 0.25) is 0 Å². The number of rotatable bonds is 5. The third-order valence-corrected chi connectivity index (χ3v) is 3.58. The Bertz CT molecular complexity index is 966. The van der Waals surface area contributed by atoms with Crippen molar-refractivity contribution in [2.45, 2.75) is 6.54 Å². The van der Waals surface area contributed by atoms with Gasteiger partial charge in [-0.2, -0.15) is 0 Å². The van der Waals surface area contributed by atoms with Gasteiger partial charge in [-0.15, -0.1) is 0 Å². The van der Waals surface area contributed by atoms with Crippen molar-refractivity contribution in [1.82, 2.24) is 14.7 Å². The van der Waals surface area contributed by atoms with E-state index in [9.17, 15) is 20.0 Å². The molecular weight excluding hydrogens is 328 g/mol. The molecule has 0 unspecified atom stereocenters. The largest absolute Gasteiger partial charge is 0.504 e.